The number of hydrogen-bond acceptors (Lipinski definition) is 4. The van der Waals surface area contributed by atoms with Gasteiger partial charge in [0.15, 0.2) is 0 Å². The molecular weight excluding hydrogens is 338 g/mol. The van der Waals surface area contributed by atoms with Gasteiger partial charge in [-0.2, -0.15) is 0 Å². The first-order chi connectivity index (χ1) is 13.2. The highest BCUT2D eigenvalue weighted by atomic mass is 16.5. The molecule has 1 aromatic carbocycles. The number of aromatic nitrogens is 2. The molecule has 1 aliphatic rings. The van der Waals surface area contributed by atoms with Crippen molar-refractivity contribution in [3.63, 3.8) is 0 Å². The zero-order chi connectivity index (χ0) is 18.6. The van der Waals surface area contributed by atoms with Crippen molar-refractivity contribution in [3.8, 4) is 5.75 Å². The van der Waals surface area contributed by atoms with Gasteiger partial charge >= 0.3 is 0 Å². The lowest BCUT2D eigenvalue weighted by molar-refractivity contribution is 0.0978. The van der Waals surface area contributed by atoms with Gasteiger partial charge in [-0.1, -0.05) is 6.07 Å². The summed E-state index contributed by atoms with van der Waals surface area (Å²) >= 11 is 0. The van der Waals surface area contributed by atoms with E-state index in [2.05, 4.69) is 28.0 Å². The fourth-order valence-electron chi connectivity index (χ4n) is 3.95. The summed E-state index contributed by atoms with van der Waals surface area (Å²) in [5, 5.41) is 1.62. The van der Waals surface area contributed by atoms with Crippen LogP contribution in [0.15, 0.2) is 59.8 Å². The number of nitrogens with zero attached hydrogens (tertiary/aromatic N) is 2. The fraction of sp³-hybridized carbons (Fsp3) is 0.364. The van der Waals surface area contributed by atoms with E-state index in [1.807, 2.05) is 42.7 Å². The van der Waals surface area contributed by atoms with E-state index >= 15 is 0 Å². The van der Waals surface area contributed by atoms with Gasteiger partial charge in [-0.15, -0.1) is 0 Å². The van der Waals surface area contributed by atoms with Crippen LogP contribution in [0.1, 0.15) is 31.2 Å². The highest BCUT2D eigenvalue weighted by Crippen LogP contribution is 2.28. The second kappa shape index (κ2) is 7.92. The Bertz CT molecular complexity index is 946. The Morgan fingerprint density at radius 1 is 1.19 bits per heavy atom. The van der Waals surface area contributed by atoms with Crippen LogP contribution in [-0.4, -0.2) is 34.1 Å². The Morgan fingerprint density at radius 2 is 2.04 bits per heavy atom. The Morgan fingerprint density at radius 3 is 2.81 bits per heavy atom. The summed E-state index contributed by atoms with van der Waals surface area (Å²) in [4.78, 5) is 21.1. The number of fused-ring (bicyclic) bond motifs is 1. The van der Waals surface area contributed by atoms with Gasteiger partial charge in [0.25, 0.3) is 5.56 Å². The van der Waals surface area contributed by atoms with E-state index in [1.165, 1.54) is 5.56 Å². The smallest absolute Gasteiger partial charge is 0.255 e. The normalized spacial score (nSPS) is 20.1. The maximum absolute atomic E-state index is 11.8. The molecule has 0 atom stereocenters. The van der Waals surface area contributed by atoms with Gasteiger partial charge in [0.1, 0.15) is 5.75 Å². The zero-order valence-corrected chi connectivity index (χ0v) is 15.6. The van der Waals surface area contributed by atoms with Crippen LogP contribution in [0.5, 0.6) is 5.75 Å². The van der Waals surface area contributed by atoms with Crippen LogP contribution >= 0.6 is 0 Å². The summed E-state index contributed by atoms with van der Waals surface area (Å²) in [5.74, 6) is 0.847. The molecule has 1 fully saturated rings. The van der Waals surface area contributed by atoms with Crippen LogP contribution in [0.4, 0.5) is 0 Å². The largest absolute Gasteiger partial charge is 0.490 e. The van der Waals surface area contributed by atoms with E-state index in [0.29, 0.717) is 11.4 Å². The van der Waals surface area contributed by atoms with Gasteiger partial charge in [0, 0.05) is 36.6 Å². The molecule has 1 N–H and O–H groups in total. The molecule has 0 unspecified atom stereocenters. The second-order valence-electron chi connectivity index (χ2n) is 7.38. The molecule has 0 spiro atoms. The molecule has 5 nitrogen and oxygen atoms in total. The Hall–Kier alpha value is -2.66. The molecule has 0 saturated heterocycles. The zero-order valence-electron chi connectivity index (χ0n) is 15.6. The number of nitrogens with one attached hydrogen (secondary N) is 1. The number of hydrogen-bond donors (Lipinski definition) is 1. The number of aromatic amines is 1. The predicted octanol–water partition coefficient (Wildman–Crippen LogP) is 3.75. The Labute approximate surface area is 159 Å². The minimum atomic E-state index is -0.0591. The van der Waals surface area contributed by atoms with E-state index in [1.54, 1.807) is 6.20 Å². The average Bonchev–Trinajstić information content (AvgIpc) is 2.69. The van der Waals surface area contributed by atoms with Crippen molar-refractivity contribution in [2.45, 2.75) is 44.4 Å². The molecule has 1 saturated carbocycles. The molecule has 5 heteroatoms. The topological polar surface area (TPSA) is 58.2 Å². The van der Waals surface area contributed by atoms with Crippen molar-refractivity contribution in [3.05, 3.63) is 70.9 Å². The molecule has 1 aliphatic carbocycles. The molecule has 140 valence electrons. The van der Waals surface area contributed by atoms with Gasteiger partial charge in [0.2, 0.25) is 0 Å². The van der Waals surface area contributed by atoms with Crippen LogP contribution in [0, 0.1) is 0 Å². The summed E-state index contributed by atoms with van der Waals surface area (Å²) in [5.41, 5.74) is 1.20. The summed E-state index contributed by atoms with van der Waals surface area (Å²) in [6.45, 7) is 0.934. The molecule has 2 heterocycles. The maximum atomic E-state index is 11.8. The summed E-state index contributed by atoms with van der Waals surface area (Å²) in [6.07, 6.45) is 10.0. The SMILES string of the molecule is CN(Cc1cccnc1)[C@H]1CC[C@H](Oc2ccc3c(=O)[nH]ccc3c2)CC1. The first kappa shape index (κ1) is 17.7. The quantitative estimate of drug-likeness (QED) is 0.750. The third-order valence-electron chi connectivity index (χ3n) is 5.47. The van der Waals surface area contributed by atoms with Crippen molar-refractivity contribution < 1.29 is 4.74 Å². The highest BCUT2D eigenvalue weighted by molar-refractivity contribution is 5.82. The predicted molar refractivity (Wildman–Crippen MR) is 107 cm³/mol. The third-order valence-corrected chi connectivity index (χ3v) is 5.47. The first-order valence-electron chi connectivity index (χ1n) is 9.56. The fourth-order valence-corrected chi connectivity index (χ4v) is 3.95. The average molecular weight is 363 g/mol. The molecule has 0 radical (unpaired) electrons. The molecule has 0 bridgehead atoms. The number of pyridine rings is 2. The Balaban J connectivity index is 1.33. The lowest BCUT2D eigenvalue weighted by atomic mass is 9.92. The number of ether oxygens (including phenoxy) is 1. The van der Waals surface area contributed by atoms with Gasteiger partial charge in [-0.25, -0.2) is 0 Å². The van der Waals surface area contributed by atoms with Gasteiger partial charge in [-0.05, 0) is 74.0 Å². The summed E-state index contributed by atoms with van der Waals surface area (Å²) < 4.78 is 6.21. The van der Waals surface area contributed by atoms with Crippen molar-refractivity contribution in [2.75, 3.05) is 7.05 Å². The van der Waals surface area contributed by atoms with Crippen molar-refractivity contribution in [1.29, 1.82) is 0 Å². The van der Waals surface area contributed by atoms with Crippen LogP contribution < -0.4 is 10.3 Å². The molecule has 2 aromatic heterocycles. The van der Waals surface area contributed by atoms with Gasteiger partial charge < -0.3 is 9.72 Å². The number of benzene rings is 1. The van der Waals surface area contributed by atoms with Gasteiger partial charge in [0.05, 0.1) is 6.10 Å². The maximum Gasteiger partial charge on any atom is 0.255 e. The van der Waals surface area contributed by atoms with Crippen molar-refractivity contribution in [2.24, 2.45) is 0 Å². The standard InChI is InChI=1S/C22H25N3O2/c1-25(15-16-3-2-11-23-14-16)18-4-6-19(7-5-18)27-20-8-9-21-17(13-20)10-12-24-22(21)26/h2-3,8-14,18-19H,4-7,15H2,1H3,(H,24,26)/t18-,19-. The van der Waals surface area contributed by atoms with Crippen molar-refractivity contribution >= 4 is 10.8 Å². The molecular formula is C22H25N3O2. The van der Waals surface area contributed by atoms with Gasteiger partial charge in [-0.3, -0.25) is 14.7 Å². The van der Waals surface area contributed by atoms with E-state index in [4.69, 9.17) is 4.74 Å². The summed E-state index contributed by atoms with van der Waals surface area (Å²) in [6, 6.07) is 12.3. The third kappa shape index (κ3) is 4.19. The van der Waals surface area contributed by atoms with Crippen molar-refractivity contribution in [1.82, 2.24) is 14.9 Å². The minimum Gasteiger partial charge on any atom is -0.490 e. The van der Waals surface area contributed by atoms with E-state index in [9.17, 15) is 4.79 Å². The minimum absolute atomic E-state index is 0.0591. The molecule has 0 aliphatic heterocycles. The highest BCUT2D eigenvalue weighted by Gasteiger charge is 2.25. The second-order valence-corrected chi connectivity index (χ2v) is 7.38. The van der Waals surface area contributed by atoms with Crippen LogP contribution in [-0.2, 0) is 6.54 Å². The number of rotatable bonds is 5. The van der Waals surface area contributed by atoms with Crippen LogP contribution in [0.25, 0.3) is 10.8 Å². The van der Waals surface area contributed by atoms with Crippen LogP contribution in [0.3, 0.4) is 0 Å². The molecule has 3 aromatic rings. The monoisotopic (exact) mass is 363 g/mol. The first-order valence-corrected chi connectivity index (χ1v) is 9.56. The molecule has 27 heavy (non-hydrogen) atoms. The number of H-pyrrole nitrogens is 1. The van der Waals surface area contributed by atoms with E-state index in [-0.39, 0.29) is 11.7 Å². The Kier molecular flexibility index (Phi) is 5.21. The molecule has 4 rings (SSSR count). The van der Waals surface area contributed by atoms with E-state index < -0.39 is 0 Å². The molecule has 0 amide bonds. The van der Waals surface area contributed by atoms with Crippen LogP contribution in [0.2, 0.25) is 0 Å². The lowest BCUT2D eigenvalue weighted by Crippen LogP contribution is -2.37. The van der Waals surface area contributed by atoms with E-state index in [0.717, 1.165) is 43.4 Å². The lowest BCUT2D eigenvalue weighted by Gasteiger charge is -2.34. The summed E-state index contributed by atoms with van der Waals surface area (Å²) in [7, 11) is 2.19.